The Bertz CT molecular complexity index is 1480. The maximum absolute atomic E-state index is 13.5. The molecule has 1 aliphatic heterocycles. The van der Waals surface area contributed by atoms with Crippen LogP contribution in [0, 0.1) is 5.82 Å². The van der Waals surface area contributed by atoms with Gasteiger partial charge in [-0.2, -0.15) is 10.2 Å². The van der Waals surface area contributed by atoms with Crippen LogP contribution in [0.5, 0.6) is 11.5 Å². The van der Waals surface area contributed by atoms with Gasteiger partial charge in [0.15, 0.2) is 5.82 Å². The fourth-order valence-corrected chi connectivity index (χ4v) is 4.44. The molecule has 0 unspecified atom stereocenters. The van der Waals surface area contributed by atoms with Gasteiger partial charge in [0.05, 0.1) is 16.8 Å². The van der Waals surface area contributed by atoms with E-state index in [4.69, 9.17) is 15.6 Å². The summed E-state index contributed by atoms with van der Waals surface area (Å²) in [5.41, 5.74) is 7.38. The number of fused-ring (bicyclic) bond motifs is 1. The van der Waals surface area contributed by atoms with Crippen molar-refractivity contribution in [2.45, 2.75) is 18.8 Å². The Labute approximate surface area is 199 Å². The van der Waals surface area contributed by atoms with Gasteiger partial charge in [-0.05, 0) is 55.3 Å². The van der Waals surface area contributed by atoms with E-state index in [1.165, 1.54) is 18.2 Å². The molecule has 0 aliphatic carbocycles. The summed E-state index contributed by atoms with van der Waals surface area (Å²) in [6.07, 6.45) is 2.85. The van der Waals surface area contributed by atoms with E-state index in [-0.39, 0.29) is 23.5 Å². The van der Waals surface area contributed by atoms with E-state index in [2.05, 4.69) is 16.8 Å². The van der Waals surface area contributed by atoms with Crippen LogP contribution in [0.1, 0.15) is 24.5 Å². The molecule has 0 saturated carbocycles. The number of nitrogens with one attached hydrogen (secondary N) is 1. The quantitative estimate of drug-likeness (QED) is 0.427. The molecule has 35 heavy (non-hydrogen) atoms. The standard InChI is InChI=1S/C25H23FN6O3/c1-2-20(33)31-12-4-5-15(14-31)22-21-23(24(27)28-29-25(21)34)32(30-22)17-8-10-18(11-9-17)35-19-7-3-6-16(26)13-19/h2-3,6-11,13,15H,1,4-5,12,14H2,(H2,27,28)(H,29,34)/t15-/m1/s1. The number of benzene rings is 2. The van der Waals surface area contributed by atoms with Crippen LogP contribution in [-0.2, 0) is 4.79 Å². The predicted molar refractivity (Wildman–Crippen MR) is 129 cm³/mol. The lowest BCUT2D eigenvalue weighted by atomic mass is 9.93. The third-order valence-corrected chi connectivity index (χ3v) is 6.07. The SMILES string of the molecule is C=CC(=O)N1CCC[C@@H](c2nn(-c3ccc(Oc4cccc(F)c4)cc3)c3c(N)n[nH]c(=O)c23)C1. The zero-order valence-corrected chi connectivity index (χ0v) is 18.8. The number of nitrogen functional groups attached to an aromatic ring is 1. The number of anilines is 1. The summed E-state index contributed by atoms with van der Waals surface area (Å²) >= 11 is 0. The molecule has 178 valence electrons. The highest BCUT2D eigenvalue weighted by molar-refractivity contribution is 5.91. The second-order valence-electron chi connectivity index (χ2n) is 8.34. The number of likely N-dealkylation sites (tertiary alicyclic amines) is 1. The molecule has 10 heteroatoms. The molecule has 2 aromatic carbocycles. The van der Waals surface area contributed by atoms with E-state index in [9.17, 15) is 14.0 Å². The molecule has 0 bridgehead atoms. The van der Waals surface area contributed by atoms with Crippen LogP contribution in [-0.4, -0.2) is 43.9 Å². The fourth-order valence-electron chi connectivity index (χ4n) is 4.44. The number of carbonyl (C=O) groups excluding carboxylic acids is 1. The molecule has 1 saturated heterocycles. The van der Waals surface area contributed by atoms with E-state index >= 15 is 0 Å². The lowest BCUT2D eigenvalue weighted by Gasteiger charge is -2.31. The van der Waals surface area contributed by atoms with Crippen LogP contribution < -0.4 is 16.0 Å². The van der Waals surface area contributed by atoms with Crippen molar-refractivity contribution < 1.29 is 13.9 Å². The first-order valence-corrected chi connectivity index (χ1v) is 11.2. The summed E-state index contributed by atoms with van der Waals surface area (Å²) < 4.78 is 20.8. The number of hydrogen-bond acceptors (Lipinski definition) is 6. The third-order valence-electron chi connectivity index (χ3n) is 6.07. The second kappa shape index (κ2) is 9.05. The topological polar surface area (TPSA) is 119 Å². The molecule has 1 aliphatic rings. The lowest BCUT2D eigenvalue weighted by molar-refractivity contribution is -0.127. The number of piperidine rings is 1. The Kier molecular flexibility index (Phi) is 5.77. The zero-order valence-electron chi connectivity index (χ0n) is 18.8. The number of halogens is 1. The van der Waals surface area contributed by atoms with Crippen LogP contribution in [0.3, 0.4) is 0 Å². The van der Waals surface area contributed by atoms with Crippen LogP contribution in [0.15, 0.2) is 66.0 Å². The van der Waals surface area contributed by atoms with Crippen molar-refractivity contribution in [1.29, 1.82) is 0 Å². The first kappa shape index (κ1) is 22.3. The van der Waals surface area contributed by atoms with E-state index in [1.807, 2.05) is 0 Å². The van der Waals surface area contributed by atoms with Gasteiger partial charge in [0.2, 0.25) is 5.91 Å². The number of carbonyl (C=O) groups is 1. The van der Waals surface area contributed by atoms with Gasteiger partial charge < -0.3 is 15.4 Å². The third kappa shape index (κ3) is 4.25. The number of hydrogen-bond donors (Lipinski definition) is 2. The molecular weight excluding hydrogens is 451 g/mol. The first-order chi connectivity index (χ1) is 16.9. The number of rotatable bonds is 5. The summed E-state index contributed by atoms with van der Waals surface area (Å²) in [4.78, 5) is 26.7. The highest BCUT2D eigenvalue weighted by atomic mass is 19.1. The molecule has 9 nitrogen and oxygen atoms in total. The zero-order chi connectivity index (χ0) is 24.5. The summed E-state index contributed by atoms with van der Waals surface area (Å²) in [6.45, 7) is 4.63. The number of aromatic nitrogens is 4. The molecule has 0 spiro atoms. The predicted octanol–water partition coefficient (Wildman–Crippen LogP) is 3.51. The van der Waals surface area contributed by atoms with Crippen LogP contribution >= 0.6 is 0 Å². The molecule has 3 N–H and O–H groups in total. The largest absolute Gasteiger partial charge is 0.457 e. The van der Waals surface area contributed by atoms with E-state index in [0.717, 1.165) is 12.8 Å². The van der Waals surface area contributed by atoms with Crippen molar-refractivity contribution in [2.75, 3.05) is 18.8 Å². The lowest BCUT2D eigenvalue weighted by Crippen LogP contribution is -2.38. The summed E-state index contributed by atoms with van der Waals surface area (Å²) in [5, 5.41) is 11.5. The Hall–Kier alpha value is -4.47. The minimum Gasteiger partial charge on any atom is -0.457 e. The number of amides is 1. The molecule has 4 aromatic rings. The molecular formula is C25H23FN6O3. The van der Waals surface area contributed by atoms with Crippen molar-refractivity contribution >= 4 is 22.6 Å². The van der Waals surface area contributed by atoms with Gasteiger partial charge in [-0.1, -0.05) is 12.6 Å². The number of H-pyrrole nitrogens is 1. The highest BCUT2D eigenvalue weighted by Crippen LogP contribution is 2.33. The summed E-state index contributed by atoms with van der Waals surface area (Å²) in [6, 6.07) is 12.8. The summed E-state index contributed by atoms with van der Waals surface area (Å²) in [5.74, 6) is 0.329. The maximum Gasteiger partial charge on any atom is 0.275 e. The molecule has 2 aromatic heterocycles. The van der Waals surface area contributed by atoms with Crippen LogP contribution in [0.2, 0.25) is 0 Å². The maximum atomic E-state index is 13.5. The van der Waals surface area contributed by atoms with E-state index < -0.39 is 5.56 Å². The van der Waals surface area contributed by atoms with Crippen molar-refractivity contribution in [1.82, 2.24) is 24.9 Å². The Balaban J connectivity index is 1.53. The van der Waals surface area contributed by atoms with Gasteiger partial charge in [-0.15, -0.1) is 0 Å². The number of nitrogens with zero attached hydrogens (tertiary/aromatic N) is 4. The van der Waals surface area contributed by atoms with Crippen LogP contribution in [0.4, 0.5) is 10.2 Å². The summed E-state index contributed by atoms with van der Waals surface area (Å²) in [7, 11) is 0. The first-order valence-electron chi connectivity index (χ1n) is 11.2. The minimum absolute atomic E-state index is 0.133. The molecule has 5 rings (SSSR count). The number of ether oxygens (including phenoxy) is 1. The van der Waals surface area contributed by atoms with Crippen molar-refractivity contribution in [3.05, 3.63) is 83.1 Å². The minimum atomic E-state index is -0.395. The molecule has 3 heterocycles. The van der Waals surface area contributed by atoms with E-state index in [1.54, 1.807) is 46.0 Å². The van der Waals surface area contributed by atoms with Crippen molar-refractivity contribution in [3.63, 3.8) is 0 Å². The normalized spacial score (nSPS) is 15.8. The van der Waals surface area contributed by atoms with Crippen molar-refractivity contribution in [3.8, 4) is 17.2 Å². The number of nitrogens with two attached hydrogens (primary N) is 1. The monoisotopic (exact) mass is 474 g/mol. The highest BCUT2D eigenvalue weighted by Gasteiger charge is 2.30. The average molecular weight is 474 g/mol. The van der Waals surface area contributed by atoms with Gasteiger partial charge in [0.1, 0.15) is 22.8 Å². The Morgan fingerprint density at radius 3 is 2.77 bits per heavy atom. The molecule has 1 fully saturated rings. The van der Waals surface area contributed by atoms with Crippen LogP contribution in [0.25, 0.3) is 16.6 Å². The van der Waals surface area contributed by atoms with Gasteiger partial charge in [0.25, 0.3) is 5.56 Å². The Morgan fingerprint density at radius 1 is 1.23 bits per heavy atom. The molecule has 1 atom stereocenters. The number of aromatic amines is 1. The van der Waals surface area contributed by atoms with Gasteiger partial charge >= 0.3 is 0 Å². The van der Waals surface area contributed by atoms with E-state index in [0.29, 0.717) is 46.9 Å². The second-order valence-corrected chi connectivity index (χ2v) is 8.34. The average Bonchev–Trinajstić information content (AvgIpc) is 3.28. The van der Waals surface area contributed by atoms with Gasteiger partial charge in [-0.25, -0.2) is 14.2 Å². The molecule has 1 amide bonds. The molecule has 0 radical (unpaired) electrons. The van der Waals surface area contributed by atoms with Gasteiger partial charge in [-0.3, -0.25) is 9.59 Å². The van der Waals surface area contributed by atoms with Crippen molar-refractivity contribution in [2.24, 2.45) is 0 Å². The smallest absolute Gasteiger partial charge is 0.275 e. The van der Waals surface area contributed by atoms with Gasteiger partial charge in [0, 0.05) is 25.1 Å². The Morgan fingerprint density at radius 2 is 2.03 bits per heavy atom. The fraction of sp³-hybridized carbons (Fsp3) is 0.200.